The molecule has 6 heteroatoms. The van der Waals surface area contributed by atoms with Crippen molar-refractivity contribution in [2.75, 3.05) is 0 Å². The number of benzene rings is 1. The van der Waals surface area contributed by atoms with Gasteiger partial charge in [0.25, 0.3) is 0 Å². The third kappa shape index (κ3) is 2.98. The van der Waals surface area contributed by atoms with E-state index < -0.39 is 17.5 Å². The summed E-state index contributed by atoms with van der Waals surface area (Å²) in [7, 11) is 0. The van der Waals surface area contributed by atoms with E-state index in [1.807, 2.05) is 0 Å². The van der Waals surface area contributed by atoms with Crippen LogP contribution in [0.1, 0.15) is 5.56 Å². The summed E-state index contributed by atoms with van der Waals surface area (Å²) in [6, 6.07) is 4.33. The van der Waals surface area contributed by atoms with E-state index in [0.717, 1.165) is 6.08 Å². The van der Waals surface area contributed by atoms with Crippen LogP contribution in [0.3, 0.4) is 0 Å². The molecule has 0 aliphatic heterocycles. The molecule has 0 radical (unpaired) electrons. The van der Waals surface area contributed by atoms with E-state index in [1.165, 1.54) is 18.2 Å². The van der Waals surface area contributed by atoms with E-state index >= 15 is 0 Å². The molecule has 1 aromatic carbocycles. The number of hydrogen-bond donors (Lipinski definition) is 2. The van der Waals surface area contributed by atoms with Crippen LogP contribution in [0.4, 0.5) is 0 Å². The van der Waals surface area contributed by atoms with Gasteiger partial charge in [-0.1, -0.05) is 29.3 Å². The molecule has 2 N–H and O–H groups in total. The average Bonchev–Trinajstić information content (AvgIpc) is 2.15. The standard InChI is InChI=1S/C10H6Cl2O4/c11-6-2-1-5(8(12)4-6)3-7(9(13)14)10(15)16/h1-4H,(H,13,14)(H,15,16). The number of halogens is 2. The third-order valence-corrected chi connectivity index (χ3v) is 2.29. The van der Waals surface area contributed by atoms with Gasteiger partial charge in [0.15, 0.2) is 0 Å². The number of rotatable bonds is 3. The minimum Gasteiger partial charge on any atom is -0.477 e. The lowest BCUT2D eigenvalue weighted by Gasteiger charge is -2.00. The molecule has 0 saturated heterocycles. The Balaban J connectivity index is 3.23. The Morgan fingerprint density at radius 1 is 1.12 bits per heavy atom. The lowest BCUT2D eigenvalue weighted by atomic mass is 10.1. The van der Waals surface area contributed by atoms with Crippen LogP contribution >= 0.6 is 23.2 Å². The summed E-state index contributed by atoms with van der Waals surface area (Å²) >= 11 is 11.4. The second kappa shape index (κ2) is 5.01. The fourth-order valence-electron chi connectivity index (χ4n) is 0.989. The Morgan fingerprint density at radius 3 is 2.12 bits per heavy atom. The summed E-state index contributed by atoms with van der Waals surface area (Å²) in [5.41, 5.74) is -0.477. The normalized spacial score (nSPS) is 9.62. The molecule has 0 aliphatic carbocycles. The van der Waals surface area contributed by atoms with E-state index in [9.17, 15) is 9.59 Å². The molecule has 4 nitrogen and oxygen atoms in total. The molecule has 0 aromatic heterocycles. The number of aliphatic carboxylic acids is 2. The van der Waals surface area contributed by atoms with E-state index in [-0.39, 0.29) is 10.6 Å². The van der Waals surface area contributed by atoms with Crippen LogP contribution in [-0.4, -0.2) is 22.2 Å². The van der Waals surface area contributed by atoms with Crippen molar-refractivity contribution in [2.24, 2.45) is 0 Å². The lowest BCUT2D eigenvalue weighted by molar-refractivity contribution is -0.139. The fourth-order valence-corrected chi connectivity index (χ4v) is 1.45. The molecule has 16 heavy (non-hydrogen) atoms. The van der Waals surface area contributed by atoms with Gasteiger partial charge < -0.3 is 10.2 Å². The van der Waals surface area contributed by atoms with Gasteiger partial charge in [0.05, 0.1) is 0 Å². The zero-order chi connectivity index (χ0) is 12.3. The summed E-state index contributed by atoms with van der Waals surface area (Å²) in [4.78, 5) is 21.2. The molecule has 0 atom stereocenters. The predicted octanol–water partition coefficient (Wildman–Crippen LogP) is 2.55. The number of carbonyl (C=O) groups is 2. The van der Waals surface area contributed by atoms with Crippen LogP contribution in [0.2, 0.25) is 10.0 Å². The van der Waals surface area contributed by atoms with E-state index in [1.54, 1.807) is 0 Å². The predicted molar refractivity (Wildman–Crippen MR) is 59.7 cm³/mol. The summed E-state index contributed by atoms with van der Waals surface area (Å²) in [6.07, 6.45) is 0.976. The van der Waals surface area contributed by atoms with E-state index in [0.29, 0.717) is 5.02 Å². The molecule has 0 amide bonds. The molecule has 0 aliphatic rings. The first-order valence-electron chi connectivity index (χ1n) is 4.05. The highest BCUT2D eigenvalue weighted by molar-refractivity contribution is 6.35. The van der Waals surface area contributed by atoms with Crippen molar-refractivity contribution in [3.05, 3.63) is 39.4 Å². The van der Waals surface area contributed by atoms with Crippen molar-refractivity contribution in [3.8, 4) is 0 Å². The minimum atomic E-state index is -1.53. The van der Waals surface area contributed by atoms with E-state index in [2.05, 4.69) is 0 Å². The van der Waals surface area contributed by atoms with Crippen LogP contribution in [-0.2, 0) is 9.59 Å². The van der Waals surface area contributed by atoms with Gasteiger partial charge in [-0.15, -0.1) is 0 Å². The molecule has 1 aromatic rings. The smallest absolute Gasteiger partial charge is 0.343 e. The Labute approximate surface area is 101 Å². The first-order chi connectivity index (χ1) is 7.41. The van der Waals surface area contributed by atoms with Crippen molar-refractivity contribution >= 4 is 41.2 Å². The Morgan fingerprint density at radius 2 is 1.69 bits per heavy atom. The first-order valence-corrected chi connectivity index (χ1v) is 4.80. The van der Waals surface area contributed by atoms with Crippen LogP contribution in [0, 0.1) is 0 Å². The highest BCUT2D eigenvalue weighted by Crippen LogP contribution is 2.23. The number of hydrogen-bond acceptors (Lipinski definition) is 2. The van der Waals surface area contributed by atoms with Crippen LogP contribution in [0.5, 0.6) is 0 Å². The van der Waals surface area contributed by atoms with Gasteiger partial charge in [-0.3, -0.25) is 0 Å². The second-order valence-corrected chi connectivity index (χ2v) is 3.68. The quantitative estimate of drug-likeness (QED) is 0.498. The van der Waals surface area contributed by atoms with Crippen molar-refractivity contribution in [2.45, 2.75) is 0 Å². The zero-order valence-corrected chi connectivity index (χ0v) is 9.29. The molecule has 0 saturated carbocycles. The SMILES string of the molecule is O=C(O)C(=Cc1ccc(Cl)cc1Cl)C(=O)O. The maximum absolute atomic E-state index is 10.6. The van der Waals surface area contributed by atoms with Crippen LogP contribution < -0.4 is 0 Å². The Hall–Kier alpha value is -1.52. The van der Waals surface area contributed by atoms with Crippen molar-refractivity contribution in [1.82, 2.24) is 0 Å². The van der Waals surface area contributed by atoms with Gasteiger partial charge in [0.1, 0.15) is 5.57 Å². The van der Waals surface area contributed by atoms with Crippen molar-refractivity contribution in [3.63, 3.8) is 0 Å². The topological polar surface area (TPSA) is 74.6 Å². The molecule has 0 fully saturated rings. The summed E-state index contributed by atoms with van der Waals surface area (Å²) < 4.78 is 0. The molecule has 0 bridgehead atoms. The maximum Gasteiger partial charge on any atom is 0.343 e. The van der Waals surface area contributed by atoms with E-state index in [4.69, 9.17) is 33.4 Å². The van der Waals surface area contributed by atoms with Gasteiger partial charge in [-0.25, -0.2) is 9.59 Å². The molecule has 0 spiro atoms. The minimum absolute atomic E-state index is 0.188. The summed E-state index contributed by atoms with van der Waals surface area (Å²) in [5.74, 6) is -3.06. The monoisotopic (exact) mass is 260 g/mol. The van der Waals surface area contributed by atoms with Crippen LogP contribution in [0.25, 0.3) is 6.08 Å². The molecule has 84 valence electrons. The van der Waals surface area contributed by atoms with Gasteiger partial charge >= 0.3 is 11.9 Å². The largest absolute Gasteiger partial charge is 0.477 e. The van der Waals surface area contributed by atoms with Gasteiger partial charge in [-0.05, 0) is 23.8 Å². The third-order valence-electron chi connectivity index (χ3n) is 1.72. The average molecular weight is 261 g/mol. The number of carboxylic acid groups (broad SMARTS) is 2. The molecular weight excluding hydrogens is 255 g/mol. The van der Waals surface area contributed by atoms with Gasteiger partial charge in [0, 0.05) is 10.0 Å². The van der Waals surface area contributed by atoms with Crippen molar-refractivity contribution in [1.29, 1.82) is 0 Å². The molecule has 0 unspecified atom stereocenters. The van der Waals surface area contributed by atoms with Gasteiger partial charge in [-0.2, -0.15) is 0 Å². The van der Waals surface area contributed by atoms with Gasteiger partial charge in [0.2, 0.25) is 0 Å². The maximum atomic E-state index is 10.6. The number of carboxylic acids is 2. The van der Waals surface area contributed by atoms with Crippen LogP contribution in [0.15, 0.2) is 23.8 Å². The summed E-state index contributed by atoms with van der Waals surface area (Å²) in [5, 5.41) is 17.8. The van der Waals surface area contributed by atoms with Crippen molar-refractivity contribution < 1.29 is 19.8 Å². The lowest BCUT2D eigenvalue weighted by Crippen LogP contribution is -2.10. The molecule has 0 heterocycles. The first kappa shape index (κ1) is 12.5. The highest BCUT2D eigenvalue weighted by Gasteiger charge is 2.16. The molecule has 1 rings (SSSR count). The fraction of sp³-hybridized carbons (Fsp3) is 0. The Kier molecular flexibility index (Phi) is 3.93. The summed E-state index contributed by atoms with van der Waals surface area (Å²) in [6.45, 7) is 0. The highest BCUT2D eigenvalue weighted by atomic mass is 35.5. The Bertz CT molecular complexity index is 464. The zero-order valence-electron chi connectivity index (χ0n) is 7.78. The molecular formula is C10H6Cl2O4. The second-order valence-electron chi connectivity index (χ2n) is 2.83.